The minimum atomic E-state index is -0.217. The van der Waals surface area contributed by atoms with Gasteiger partial charge in [0.05, 0.1) is 13.2 Å². The van der Waals surface area contributed by atoms with E-state index in [0.717, 1.165) is 74.5 Å². The van der Waals surface area contributed by atoms with Crippen molar-refractivity contribution < 1.29 is 13.9 Å². The molecule has 0 bridgehead atoms. The highest BCUT2D eigenvalue weighted by atomic mass is 19.1. The summed E-state index contributed by atoms with van der Waals surface area (Å²) in [5, 5.41) is 0. The number of methoxy groups -OCH3 is 1. The highest BCUT2D eigenvalue weighted by Gasteiger charge is 2.25. The number of benzene rings is 1. The van der Waals surface area contributed by atoms with Crippen molar-refractivity contribution in [3.63, 3.8) is 0 Å². The Morgan fingerprint density at radius 2 is 1.92 bits per heavy atom. The van der Waals surface area contributed by atoms with Crippen molar-refractivity contribution in [2.45, 2.75) is 64.8 Å². The summed E-state index contributed by atoms with van der Waals surface area (Å²) in [6.07, 6.45) is 8.14. The van der Waals surface area contributed by atoms with Crippen LogP contribution in [-0.2, 0) is 4.79 Å². The zero-order valence-electron chi connectivity index (χ0n) is 22.3. The molecule has 1 aromatic carbocycles. The zero-order chi connectivity index (χ0) is 26.2. The summed E-state index contributed by atoms with van der Waals surface area (Å²) in [5.74, 6) is 2.33. The van der Waals surface area contributed by atoms with Crippen molar-refractivity contribution >= 4 is 23.3 Å². The van der Waals surface area contributed by atoms with Crippen molar-refractivity contribution in [3.05, 3.63) is 53.5 Å². The van der Waals surface area contributed by atoms with Crippen LogP contribution in [0.4, 0.5) is 10.2 Å². The number of carbonyl (C=O) groups is 1. The number of ether oxygens (including phenoxy) is 1. The topological polar surface area (TPSA) is 70.4 Å². The van der Waals surface area contributed by atoms with Crippen LogP contribution >= 0.6 is 0 Å². The van der Waals surface area contributed by atoms with Crippen molar-refractivity contribution in [1.82, 2.24) is 9.88 Å². The number of amides is 1. The molecule has 2 aliphatic rings. The van der Waals surface area contributed by atoms with Gasteiger partial charge in [-0.05, 0) is 62.4 Å². The number of aryl methyl sites for hydroxylation is 1. The van der Waals surface area contributed by atoms with Gasteiger partial charge >= 0.3 is 0 Å². The fourth-order valence-electron chi connectivity index (χ4n) is 4.88. The summed E-state index contributed by atoms with van der Waals surface area (Å²) >= 11 is 0. The minimum Gasteiger partial charge on any atom is -0.497 e. The van der Waals surface area contributed by atoms with E-state index in [1.165, 1.54) is 6.07 Å². The maximum atomic E-state index is 13.8. The number of hydrogen-bond donors (Lipinski definition) is 0. The van der Waals surface area contributed by atoms with Crippen LogP contribution in [0.2, 0.25) is 0 Å². The molecule has 0 N–H and O–H groups in total. The Morgan fingerprint density at radius 1 is 1.11 bits per heavy atom. The van der Waals surface area contributed by atoms with Crippen molar-refractivity contribution in [2.24, 2.45) is 9.98 Å². The number of carbonyl (C=O) groups excluding carboxylic acids is 1. The molecular formula is C29H38FN5O2. The lowest BCUT2D eigenvalue weighted by Crippen LogP contribution is -2.49. The smallest absolute Gasteiger partial charge is 0.222 e. The van der Waals surface area contributed by atoms with Crippen LogP contribution in [0.3, 0.4) is 0 Å². The first-order chi connectivity index (χ1) is 18.0. The van der Waals surface area contributed by atoms with E-state index in [-0.39, 0.29) is 17.8 Å². The van der Waals surface area contributed by atoms with E-state index in [2.05, 4.69) is 16.8 Å². The SMILES string of the molecule is CCCCCC1=NC(c2ccc(F)c(C)c2)=NC1CCCC(=O)N1CCN(c2cc(OC)ccn2)CC1. The molecule has 0 saturated carbocycles. The molecule has 7 nitrogen and oxygen atoms in total. The summed E-state index contributed by atoms with van der Waals surface area (Å²) in [5.41, 5.74) is 2.55. The fourth-order valence-corrected chi connectivity index (χ4v) is 4.88. The van der Waals surface area contributed by atoms with Gasteiger partial charge in [-0.1, -0.05) is 19.8 Å². The van der Waals surface area contributed by atoms with E-state index in [4.69, 9.17) is 14.7 Å². The lowest BCUT2D eigenvalue weighted by molar-refractivity contribution is -0.131. The third kappa shape index (κ3) is 6.93. The van der Waals surface area contributed by atoms with Gasteiger partial charge in [-0.2, -0.15) is 0 Å². The fraction of sp³-hybridized carbons (Fsp3) is 0.517. The van der Waals surface area contributed by atoms with Gasteiger partial charge in [-0.3, -0.25) is 9.79 Å². The van der Waals surface area contributed by atoms with E-state index in [9.17, 15) is 9.18 Å². The summed E-state index contributed by atoms with van der Waals surface area (Å²) in [6.45, 7) is 6.85. The molecule has 4 rings (SSSR count). The van der Waals surface area contributed by atoms with E-state index in [0.29, 0.717) is 30.9 Å². The Bertz CT molecular complexity index is 1140. The molecule has 0 radical (unpaired) electrons. The molecule has 1 fully saturated rings. The lowest BCUT2D eigenvalue weighted by atomic mass is 10.0. The highest BCUT2D eigenvalue weighted by molar-refractivity contribution is 6.13. The first kappa shape index (κ1) is 26.8. The Balaban J connectivity index is 1.30. The first-order valence-electron chi connectivity index (χ1n) is 13.4. The quantitative estimate of drug-likeness (QED) is 0.392. The lowest BCUT2D eigenvalue weighted by Gasteiger charge is -2.35. The summed E-state index contributed by atoms with van der Waals surface area (Å²) in [6, 6.07) is 8.81. The molecule has 198 valence electrons. The molecule has 3 heterocycles. The monoisotopic (exact) mass is 507 g/mol. The Kier molecular flexibility index (Phi) is 9.25. The second-order valence-corrected chi connectivity index (χ2v) is 9.81. The Labute approximate surface area is 219 Å². The van der Waals surface area contributed by atoms with Crippen molar-refractivity contribution in [1.29, 1.82) is 0 Å². The maximum absolute atomic E-state index is 13.8. The largest absolute Gasteiger partial charge is 0.497 e. The Hall–Kier alpha value is -3.29. The predicted molar refractivity (Wildman–Crippen MR) is 146 cm³/mol. The number of unbranched alkanes of at least 4 members (excludes halogenated alkanes) is 2. The molecule has 8 heteroatoms. The average Bonchev–Trinajstić information content (AvgIpc) is 3.33. The van der Waals surface area contributed by atoms with Crippen LogP contribution in [0, 0.1) is 12.7 Å². The molecule has 1 atom stereocenters. The molecule has 0 spiro atoms. The van der Waals surface area contributed by atoms with E-state index >= 15 is 0 Å². The molecule has 2 aromatic rings. The van der Waals surface area contributed by atoms with Crippen LogP contribution in [0.15, 0.2) is 46.5 Å². The predicted octanol–water partition coefficient (Wildman–Crippen LogP) is 5.21. The van der Waals surface area contributed by atoms with Gasteiger partial charge < -0.3 is 14.5 Å². The second-order valence-electron chi connectivity index (χ2n) is 9.81. The molecule has 1 amide bonds. The molecule has 1 saturated heterocycles. The number of nitrogens with zero attached hydrogens (tertiary/aromatic N) is 5. The van der Waals surface area contributed by atoms with Crippen LogP contribution in [0.25, 0.3) is 0 Å². The van der Waals surface area contributed by atoms with Gasteiger partial charge in [0, 0.05) is 56.1 Å². The zero-order valence-corrected chi connectivity index (χ0v) is 22.3. The standard InChI is InChI=1S/C29H38FN5O2/c1-4-5-6-8-25-26(33-29(32-25)22-11-12-24(30)21(2)19-22)9-7-10-28(36)35-17-15-34(16-18-35)27-20-23(37-3)13-14-31-27/h11-14,19-20,26H,4-10,15-18H2,1-3H3. The molecule has 0 aliphatic carbocycles. The van der Waals surface area contributed by atoms with Gasteiger partial charge in [0.1, 0.15) is 17.4 Å². The average molecular weight is 508 g/mol. The van der Waals surface area contributed by atoms with Crippen LogP contribution in [0.1, 0.15) is 63.0 Å². The van der Waals surface area contributed by atoms with E-state index in [1.807, 2.05) is 23.1 Å². The number of aliphatic imine (C=N–C) groups is 2. The Morgan fingerprint density at radius 3 is 2.65 bits per heavy atom. The summed E-state index contributed by atoms with van der Waals surface area (Å²) < 4.78 is 19.1. The van der Waals surface area contributed by atoms with Crippen molar-refractivity contribution in [2.75, 3.05) is 38.2 Å². The number of amidine groups is 1. The molecule has 1 unspecified atom stereocenters. The third-order valence-corrected chi connectivity index (χ3v) is 7.14. The minimum absolute atomic E-state index is 0.000924. The van der Waals surface area contributed by atoms with Gasteiger partial charge in [0.2, 0.25) is 5.91 Å². The molecule has 2 aliphatic heterocycles. The highest BCUT2D eigenvalue weighted by Crippen LogP contribution is 2.23. The summed E-state index contributed by atoms with van der Waals surface area (Å²) in [7, 11) is 1.65. The number of rotatable bonds is 11. The van der Waals surface area contributed by atoms with Gasteiger partial charge in [-0.15, -0.1) is 0 Å². The van der Waals surface area contributed by atoms with E-state index in [1.54, 1.807) is 26.3 Å². The number of pyridine rings is 1. The number of anilines is 1. The number of halogens is 1. The van der Waals surface area contributed by atoms with Crippen LogP contribution in [0.5, 0.6) is 5.75 Å². The van der Waals surface area contributed by atoms with Gasteiger partial charge in [0.15, 0.2) is 5.84 Å². The molecule has 37 heavy (non-hydrogen) atoms. The second kappa shape index (κ2) is 12.8. The van der Waals surface area contributed by atoms with E-state index < -0.39 is 0 Å². The third-order valence-electron chi connectivity index (χ3n) is 7.14. The first-order valence-corrected chi connectivity index (χ1v) is 13.4. The van der Waals surface area contributed by atoms with Crippen LogP contribution < -0.4 is 9.64 Å². The number of piperazine rings is 1. The van der Waals surface area contributed by atoms with Crippen LogP contribution in [-0.4, -0.2) is 66.7 Å². The summed E-state index contributed by atoms with van der Waals surface area (Å²) in [4.78, 5) is 31.3. The number of aromatic nitrogens is 1. The molecular weight excluding hydrogens is 469 g/mol. The maximum Gasteiger partial charge on any atom is 0.222 e. The number of hydrogen-bond acceptors (Lipinski definition) is 6. The van der Waals surface area contributed by atoms with Crippen molar-refractivity contribution in [3.8, 4) is 5.75 Å². The normalized spacial score (nSPS) is 17.6. The van der Waals surface area contributed by atoms with Gasteiger partial charge in [0.25, 0.3) is 0 Å². The van der Waals surface area contributed by atoms with Gasteiger partial charge in [-0.25, -0.2) is 14.4 Å². The molecule has 1 aromatic heterocycles.